The maximum absolute atomic E-state index is 12.3. The van der Waals surface area contributed by atoms with Crippen molar-refractivity contribution in [1.82, 2.24) is 14.6 Å². The number of hydrogen-bond acceptors (Lipinski definition) is 4. The van der Waals surface area contributed by atoms with Gasteiger partial charge in [-0.15, -0.1) is 5.10 Å². The van der Waals surface area contributed by atoms with Crippen LogP contribution in [0.25, 0.3) is 4.96 Å². The van der Waals surface area contributed by atoms with Crippen molar-refractivity contribution < 1.29 is 13.2 Å². The number of nitrogens with two attached hydrogens (primary N) is 1. The third kappa shape index (κ3) is 1.82. The zero-order chi connectivity index (χ0) is 11.1. The number of halogens is 3. The molecule has 0 saturated carbocycles. The summed E-state index contributed by atoms with van der Waals surface area (Å²) in [6.45, 7) is 0.354. The van der Waals surface area contributed by atoms with Gasteiger partial charge < -0.3 is 5.73 Å². The standard InChI is InChI=1S/C7H7F3N4S/c8-7(9,10)5-13-14-4(1-2-11)3-12-6(14)15-5/h3H,1-2,11H2. The molecule has 2 aromatic rings. The van der Waals surface area contributed by atoms with E-state index in [1.165, 1.54) is 10.7 Å². The van der Waals surface area contributed by atoms with Crippen molar-refractivity contribution in [3.05, 3.63) is 16.9 Å². The molecule has 0 bridgehead atoms. The number of nitrogens with zero attached hydrogens (tertiary/aromatic N) is 3. The van der Waals surface area contributed by atoms with Crippen LogP contribution in [0.1, 0.15) is 10.7 Å². The Labute approximate surface area is 86.5 Å². The first-order valence-corrected chi connectivity index (χ1v) is 4.94. The van der Waals surface area contributed by atoms with E-state index >= 15 is 0 Å². The van der Waals surface area contributed by atoms with Gasteiger partial charge in [0.15, 0.2) is 0 Å². The molecule has 2 rings (SSSR count). The van der Waals surface area contributed by atoms with E-state index in [-0.39, 0.29) is 4.96 Å². The lowest BCUT2D eigenvalue weighted by molar-refractivity contribution is -0.138. The maximum Gasteiger partial charge on any atom is 0.445 e. The number of imidazole rings is 1. The van der Waals surface area contributed by atoms with Gasteiger partial charge in [0.25, 0.3) is 0 Å². The first-order chi connectivity index (χ1) is 7.02. The van der Waals surface area contributed by atoms with Crippen LogP contribution in [-0.4, -0.2) is 21.1 Å². The van der Waals surface area contributed by atoms with Gasteiger partial charge in [-0.05, 0) is 6.54 Å². The van der Waals surface area contributed by atoms with Crippen LogP contribution < -0.4 is 5.73 Å². The van der Waals surface area contributed by atoms with Gasteiger partial charge in [0.2, 0.25) is 9.97 Å². The third-order valence-corrected chi connectivity index (χ3v) is 2.77. The summed E-state index contributed by atoms with van der Waals surface area (Å²) in [7, 11) is 0. The molecule has 15 heavy (non-hydrogen) atoms. The highest BCUT2D eigenvalue weighted by molar-refractivity contribution is 7.16. The number of rotatable bonds is 2. The molecule has 2 heterocycles. The fraction of sp³-hybridized carbons (Fsp3) is 0.429. The molecule has 0 aliphatic carbocycles. The number of alkyl halides is 3. The molecule has 82 valence electrons. The molecular weight excluding hydrogens is 229 g/mol. The van der Waals surface area contributed by atoms with Gasteiger partial charge in [-0.1, -0.05) is 11.3 Å². The van der Waals surface area contributed by atoms with Gasteiger partial charge in [-0.25, -0.2) is 9.50 Å². The van der Waals surface area contributed by atoms with E-state index in [9.17, 15) is 13.2 Å². The van der Waals surface area contributed by atoms with Crippen molar-refractivity contribution in [3.63, 3.8) is 0 Å². The molecule has 8 heteroatoms. The Balaban J connectivity index is 2.48. The topological polar surface area (TPSA) is 56.2 Å². The van der Waals surface area contributed by atoms with E-state index in [1.54, 1.807) is 0 Å². The summed E-state index contributed by atoms with van der Waals surface area (Å²) in [5, 5.41) is 2.57. The highest BCUT2D eigenvalue weighted by Crippen LogP contribution is 2.32. The average Bonchev–Trinajstić information content (AvgIpc) is 2.65. The van der Waals surface area contributed by atoms with Crippen LogP contribution in [-0.2, 0) is 12.6 Å². The van der Waals surface area contributed by atoms with E-state index < -0.39 is 11.2 Å². The largest absolute Gasteiger partial charge is 0.445 e. The minimum Gasteiger partial charge on any atom is -0.330 e. The second kappa shape index (κ2) is 3.46. The zero-order valence-electron chi connectivity index (χ0n) is 7.45. The third-order valence-electron chi connectivity index (χ3n) is 1.80. The molecule has 0 aliphatic rings. The molecule has 0 amide bonds. The molecular formula is C7H7F3N4S. The van der Waals surface area contributed by atoms with Crippen molar-refractivity contribution in [2.24, 2.45) is 5.73 Å². The molecule has 0 saturated heterocycles. The first kappa shape index (κ1) is 10.4. The quantitative estimate of drug-likeness (QED) is 0.855. The summed E-state index contributed by atoms with van der Waals surface area (Å²) in [4.78, 5) is 4.08. The summed E-state index contributed by atoms with van der Waals surface area (Å²) in [5.41, 5.74) is 5.91. The fourth-order valence-corrected chi connectivity index (χ4v) is 1.93. The summed E-state index contributed by atoms with van der Waals surface area (Å²) in [6.07, 6.45) is -2.46. The fourth-order valence-electron chi connectivity index (χ4n) is 1.17. The van der Waals surface area contributed by atoms with Crippen LogP contribution in [0.3, 0.4) is 0 Å². The minimum atomic E-state index is -4.41. The molecule has 2 N–H and O–H groups in total. The lowest BCUT2D eigenvalue weighted by atomic mass is 10.3. The summed E-state index contributed by atoms with van der Waals surface area (Å²) < 4.78 is 38.1. The Bertz CT molecular complexity index is 472. The number of aromatic nitrogens is 3. The Kier molecular flexibility index (Phi) is 2.39. The van der Waals surface area contributed by atoms with Crippen molar-refractivity contribution in [1.29, 1.82) is 0 Å². The van der Waals surface area contributed by atoms with Crippen molar-refractivity contribution in [2.45, 2.75) is 12.6 Å². The molecule has 0 atom stereocenters. The Morgan fingerprint density at radius 3 is 2.80 bits per heavy atom. The molecule has 0 spiro atoms. The van der Waals surface area contributed by atoms with Gasteiger partial charge in [0.1, 0.15) is 0 Å². The average molecular weight is 236 g/mol. The highest BCUT2D eigenvalue weighted by atomic mass is 32.1. The maximum atomic E-state index is 12.3. The SMILES string of the molecule is NCCc1cnc2sc(C(F)(F)F)nn12. The highest BCUT2D eigenvalue weighted by Gasteiger charge is 2.36. The van der Waals surface area contributed by atoms with Crippen LogP contribution in [0.5, 0.6) is 0 Å². The number of hydrogen-bond donors (Lipinski definition) is 1. The van der Waals surface area contributed by atoms with Gasteiger partial charge in [0, 0.05) is 6.42 Å². The van der Waals surface area contributed by atoms with Crippen molar-refractivity contribution in [3.8, 4) is 0 Å². The van der Waals surface area contributed by atoms with E-state index in [0.717, 1.165) is 0 Å². The predicted molar refractivity (Wildman–Crippen MR) is 48.6 cm³/mol. The summed E-state index contributed by atoms with van der Waals surface area (Å²) >= 11 is 0.526. The summed E-state index contributed by atoms with van der Waals surface area (Å²) in [6, 6.07) is 0. The Morgan fingerprint density at radius 1 is 1.47 bits per heavy atom. The lowest BCUT2D eigenvalue weighted by Gasteiger charge is -1.98. The van der Waals surface area contributed by atoms with E-state index in [1.807, 2.05) is 0 Å². The van der Waals surface area contributed by atoms with Crippen molar-refractivity contribution in [2.75, 3.05) is 6.54 Å². The van der Waals surface area contributed by atoms with Crippen LogP contribution in [0, 0.1) is 0 Å². The molecule has 0 aromatic carbocycles. The van der Waals surface area contributed by atoms with E-state index in [0.29, 0.717) is 30.0 Å². The minimum absolute atomic E-state index is 0.241. The zero-order valence-corrected chi connectivity index (χ0v) is 8.27. The van der Waals surface area contributed by atoms with Crippen LogP contribution >= 0.6 is 11.3 Å². The Morgan fingerprint density at radius 2 is 2.20 bits per heavy atom. The first-order valence-electron chi connectivity index (χ1n) is 4.13. The van der Waals surface area contributed by atoms with Gasteiger partial charge in [0.05, 0.1) is 11.9 Å². The molecule has 0 fully saturated rings. The van der Waals surface area contributed by atoms with E-state index in [2.05, 4.69) is 10.1 Å². The smallest absolute Gasteiger partial charge is 0.330 e. The summed E-state index contributed by atoms with van der Waals surface area (Å²) in [5.74, 6) is 0. The normalized spacial score (nSPS) is 12.5. The van der Waals surface area contributed by atoms with Crippen molar-refractivity contribution >= 4 is 16.3 Å². The molecule has 4 nitrogen and oxygen atoms in total. The lowest BCUT2D eigenvalue weighted by Crippen LogP contribution is -2.08. The van der Waals surface area contributed by atoms with Gasteiger partial charge in [-0.3, -0.25) is 0 Å². The second-order valence-electron chi connectivity index (χ2n) is 2.89. The van der Waals surface area contributed by atoms with Crippen LogP contribution in [0.4, 0.5) is 13.2 Å². The van der Waals surface area contributed by atoms with E-state index in [4.69, 9.17) is 5.73 Å². The predicted octanol–water partition coefficient (Wildman–Crippen LogP) is 1.31. The van der Waals surface area contributed by atoms with Gasteiger partial charge >= 0.3 is 6.18 Å². The Hall–Kier alpha value is -1.15. The molecule has 2 aromatic heterocycles. The van der Waals surface area contributed by atoms with Crippen LogP contribution in [0.2, 0.25) is 0 Å². The molecule has 0 unspecified atom stereocenters. The van der Waals surface area contributed by atoms with Crippen LogP contribution in [0.15, 0.2) is 6.20 Å². The molecule has 0 aliphatic heterocycles. The van der Waals surface area contributed by atoms with Gasteiger partial charge in [-0.2, -0.15) is 13.2 Å². The molecule has 0 radical (unpaired) electrons. The number of fused-ring (bicyclic) bond motifs is 1. The second-order valence-corrected chi connectivity index (χ2v) is 3.84. The monoisotopic (exact) mass is 236 g/mol.